The van der Waals surface area contributed by atoms with E-state index >= 15 is 0 Å². The quantitative estimate of drug-likeness (QED) is 0.663. The lowest BCUT2D eigenvalue weighted by Gasteiger charge is -2.03. The minimum atomic E-state index is -0.157. The van der Waals surface area contributed by atoms with Crippen molar-refractivity contribution in [1.29, 1.82) is 0 Å². The van der Waals surface area contributed by atoms with Crippen LogP contribution in [0.2, 0.25) is 0 Å². The minimum Gasteiger partial charge on any atom is -0.298 e. The summed E-state index contributed by atoms with van der Waals surface area (Å²) < 4.78 is 1.87. The number of halogens is 1. The molecule has 112 valence electrons. The summed E-state index contributed by atoms with van der Waals surface area (Å²) in [5, 5.41) is 3.50. The Bertz CT molecular complexity index is 842. The van der Waals surface area contributed by atoms with Crippen LogP contribution in [0, 0.1) is 0 Å². The number of fused-ring (bicyclic) bond motifs is 1. The van der Waals surface area contributed by atoms with Crippen LogP contribution < -0.4 is 5.32 Å². The maximum Gasteiger partial charge on any atom is 0.258 e. The summed E-state index contributed by atoms with van der Waals surface area (Å²) in [7, 11) is 0. The van der Waals surface area contributed by atoms with Gasteiger partial charge in [-0.05, 0) is 51.7 Å². The van der Waals surface area contributed by atoms with E-state index in [0.29, 0.717) is 16.6 Å². The Morgan fingerprint density at radius 3 is 2.73 bits per heavy atom. The molecule has 0 spiro atoms. The van der Waals surface area contributed by atoms with E-state index in [-0.39, 0.29) is 5.91 Å². The molecular weight excluding hydrogens is 360 g/mol. The van der Waals surface area contributed by atoms with Crippen molar-refractivity contribution in [1.82, 2.24) is 4.98 Å². The molecule has 0 saturated carbocycles. The van der Waals surface area contributed by atoms with Gasteiger partial charge in [0.15, 0.2) is 5.13 Å². The second-order valence-electron chi connectivity index (χ2n) is 5.33. The molecule has 3 aromatic rings. The van der Waals surface area contributed by atoms with Crippen molar-refractivity contribution in [2.45, 2.75) is 19.8 Å². The second kappa shape index (κ2) is 6.18. The summed E-state index contributed by atoms with van der Waals surface area (Å²) in [6.45, 7) is 4.33. The van der Waals surface area contributed by atoms with Crippen molar-refractivity contribution in [3.05, 3.63) is 58.1 Å². The van der Waals surface area contributed by atoms with E-state index in [1.807, 2.05) is 24.3 Å². The van der Waals surface area contributed by atoms with Crippen LogP contribution in [-0.4, -0.2) is 10.9 Å². The number of thiazole rings is 1. The number of benzene rings is 2. The first kappa shape index (κ1) is 15.2. The largest absolute Gasteiger partial charge is 0.298 e. The molecule has 0 aliphatic rings. The fourth-order valence-corrected chi connectivity index (χ4v) is 3.54. The third-order valence-corrected chi connectivity index (χ3v) is 5.04. The first-order chi connectivity index (χ1) is 10.5. The highest BCUT2D eigenvalue weighted by molar-refractivity contribution is 9.10. The van der Waals surface area contributed by atoms with Gasteiger partial charge in [0, 0.05) is 4.47 Å². The first-order valence-electron chi connectivity index (χ1n) is 7.01. The molecule has 0 saturated heterocycles. The number of nitrogens with zero attached hydrogens (tertiary/aromatic N) is 1. The standard InChI is InChI=1S/C17H15BrN2OS/c1-10(2)11-7-8-14-15(9-11)22-17(19-14)20-16(21)12-5-3-4-6-13(12)18/h3-10H,1-2H3,(H,19,20,21). The van der Waals surface area contributed by atoms with E-state index in [0.717, 1.165) is 14.7 Å². The predicted octanol–water partition coefficient (Wildman–Crippen LogP) is 5.43. The summed E-state index contributed by atoms with van der Waals surface area (Å²) in [4.78, 5) is 16.8. The Morgan fingerprint density at radius 2 is 2.00 bits per heavy atom. The molecule has 3 rings (SSSR count). The second-order valence-corrected chi connectivity index (χ2v) is 7.22. The summed E-state index contributed by atoms with van der Waals surface area (Å²) in [6, 6.07) is 13.6. The molecule has 0 aliphatic carbocycles. The number of hydrogen-bond donors (Lipinski definition) is 1. The Morgan fingerprint density at radius 1 is 1.23 bits per heavy atom. The lowest BCUT2D eigenvalue weighted by Crippen LogP contribution is -2.12. The maximum absolute atomic E-state index is 12.3. The zero-order chi connectivity index (χ0) is 15.7. The Hall–Kier alpha value is -1.72. The monoisotopic (exact) mass is 374 g/mol. The summed E-state index contributed by atoms with van der Waals surface area (Å²) in [5.41, 5.74) is 2.79. The Labute approximate surface area is 141 Å². The third kappa shape index (κ3) is 3.05. The van der Waals surface area contributed by atoms with Gasteiger partial charge in [-0.15, -0.1) is 0 Å². The van der Waals surface area contributed by atoms with Crippen LogP contribution in [0.4, 0.5) is 5.13 Å². The molecule has 1 amide bonds. The number of aromatic nitrogens is 1. The van der Waals surface area contributed by atoms with Gasteiger partial charge in [-0.2, -0.15) is 0 Å². The zero-order valence-electron chi connectivity index (χ0n) is 12.3. The van der Waals surface area contributed by atoms with Crippen molar-refractivity contribution in [2.24, 2.45) is 0 Å². The van der Waals surface area contributed by atoms with Crippen molar-refractivity contribution >= 4 is 48.5 Å². The number of anilines is 1. The molecule has 22 heavy (non-hydrogen) atoms. The molecular formula is C17H15BrN2OS. The molecule has 1 N–H and O–H groups in total. The number of rotatable bonds is 3. The Kier molecular flexibility index (Phi) is 4.27. The number of nitrogens with one attached hydrogen (secondary N) is 1. The molecule has 2 aromatic carbocycles. The van der Waals surface area contributed by atoms with Gasteiger partial charge in [0.05, 0.1) is 15.8 Å². The van der Waals surface area contributed by atoms with Gasteiger partial charge in [0.25, 0.3) is 5.91 Å². The molecule has 3 nitrogen and oxygen atoms in total. The molecule has 1 aromatic heterocycles. The highest BCUT2D eigenvalue weighted by Gasteiger charge is 2.12. The number of carbonyl (C=O) groups excluding carboxylic acids is 1. The zero-order valence-corrected chi connectivity index (χ0v) is 14.7. The van der Waals surface area contributed by atoms with Crippen LogP contribution in [0.1, 0.15) is 35.7 Å². The van der Waals surface area contributed by atoms with E-state index in [1.54, 1.807) is 6.07 Å². The minimum absolute atomic E-state index is 0.157. The van der Waals surface area contributed by atoms with Gasteiger partial charge in [0.2, 0.25) is 0 Å². The van der Waals surface area contributed by atoms with Crippen molar-refractivity contribution in [2.75, 3.05) is 5.32 Å². The van der Waals surface area contributed by atoms with E-state index in [9.17, 15) is 4.79 Å². The van der Waals surface area contributed by atoms with Crippen LogP contribution in [-0.2, 0) is 0 Å². The highest BCUT2D eigenvalue weighted by atomic mass is 79.9. The number of carbonyl (C=O) groups is 1. The van der Waals surface area contributed by atoms with Gasteiger partial charge in [0.1, 0.15) is 0 Å². The third-order valence-electron chi connectivity index (χ3n) is 3.42. The molecule has 0 fully saturated rings. The molecule has 1 heterocycles. The maximum atomic E-state index is 12.3. The van der Waals surface area contributed by atoms with Crippen molar-refractivity contribution in [3.63, 3.8) is 0 Å². The van der Waals surface area contributed by atoms with Crippen LogP contribution in [0.15, 0.2) is 46.9 Å². The fourth-order valence-electron chi connectivity index (χ4n) is 2.16. The van der Waals surface area contributed by atoms with Gasteiger partial charge in [-0.1, -0.05) is 43.4 Å². The topological polar surface area (TPSA) is 42.0 Å². The SMILES string of the molecule is CC(C)c1ccc2nc(NC(=O)c3ccccc3Br)sc2c1. The van der Waals surface area contributed by atoms with E-state index < -0.39 is 0 Å². The molecule has 5 heteroatoms. The lowest BCUT2D eigenvalue weighted by atomic mass is 10.0. The van der Waals surface area contributed by atoms with Crippen LogP contribution in [0.25, 0.3) is 10.2 Å². The van der Waals surface area contributed by atoms with E-state index in [2.05, 4.69) is 52.2 Å². The van der Waals surface area contributed by atoms with Crippen LogP contribution in [0.3, 0.4) is 0 Å². The molecule has 0 aliphatic heterocycles. The lowest BCUT2D eigenvalue weighted by molar-refractivity contribution is 0.102. The summed E-state index contributed by atoms with van der Waals surface area (Å²) >= 11 is 4.89. The summed E-state index contributed by atoms with van der Waals surface area (Å²) in [5.74, 6) is 0.320. The van der Waals surface area contributed by atoms with E-state index in [4.69, 9.17) is 0 Å². The molecule has 0 unspecified atom stereocenters. The van der Waals surface area contributed by atoms with Gasteiger partial charge in [-0.25, -0.2) is 4.98 Å². The molecule has 0 atom stereocenters. The molecule has 0 bridgehead atoms. The highest BCUT2D eigenvalue weighted by Crippen LogP contribution is 2.29. The van der Waals surface area contributed by atoms with E-state index in [1.165, 1.54) is 16.9 Å². The van der Waals surface area contributed by atoms with Crippen LogP contribution in [0.5, 0.6) is 0 Å². The predicted molar refractivity (Wildman–Crippen MR) is 95.8 cm³/mol. The van der Waals surface area contributed by atoms with Crippen molar-refractivity contribution < 1.29 is 4.79 Å². The van der Waals surface area contributed by atoms with Crippen molar-refractivity contribution in [3.8, 4) is 0 Å². The number of amides is 1. The van der Waals surface area contributed by atoms with Gasteiger partial charge < -0.3 is 0 Å². The average Bonchev–Trinajstić information content (AvgIpc) is 2.88. The average molecular weight is 375 g/mol. The van der Waals surface area contributed by atoms with Gasteiger partial charge >= 0.3 is 0 Å². The van der Waals surface area contributed by atoms with Gasteiger partial charge in [-0.3, -0.25) is 10.1 Å². The first-order valence-corrected chi connectivity index (χ1v) is 8.62. The Balaban J connectivity index is 1.88. The number of hydrogen-bond acceptors (Lipinski definition) is 3. The smallest absolute Gasteiger partial charge is 0.258 e. The molecule has 0 radical (unpaired) electrons. The van der Waals surface area contributed by atoms with Crippen LogP contribution >= 0.6 is 27.3 Å². The summed E-state index contributed by atoms with van der Waals surface area (Å²) in [6.07, 6.45) is 0. The fraction of sp³-hybridized carbons (Fsp3) is 0.176. The normalized spacial score (nSPS) is 11.1.